The van der Waals surface area contributed by atoms with E-state index in [1.165, 1.54) is 19.3 Å². The van der Waals surface area contributed by atoms with Crippen molar-refractivity contribution in [1.82, 2.24) is 4.98 Å². The normalized spacial score (nSPS) is 13.4. The first kappa shape index (κ1) is 17.0. The predicted molar refractivity (Wildman–Crippen MR) is 87.6 cm³/mol. The molecule has 0 unspecified atom stereocenters. The summed E-state index contributed by atoms with van der Waals surface area (Å²) < 4.78 is 39.0. The quantitative estimate of drug-likeness (QED) is 0.627. The Bertz CT molecular complexity index is 863. The van der Waals surface area contributed by atoms with Crippen molar-refractivity contribution >= 4 is 40.0 Å². The first-order valence-electron chi connectivity index (χ1n) is 6.99. The van der Waals surface area contributed by atoms with E-state index in [-0.39, 0.29) is 21.3 Å². The number of furan rings is 2. The summed E-state index contributed by atoms with van der Waals surface area (Å²) in [6.45, 7) is 1.47. The molecule has 9 heteroatoms. The molecular weight excluding hydrogens is 363 g/mol. The van der Waals surface area contributed by atoms with Crippen molar-refractivity contribution in [2.45, 2.75) is 25.4 Å². The van der Waals surface area contributed by atoms with Gasteiger partial charge in [0.25, 0.3) is 0 Å². The molecule has 3 heterocycles. The second-order valence-electron chi connectivity index (χ2n) is 5.26. The maximum absolute atomic E-state index is 14.2. The van der Waals surface area contributed by atoms with Gasteiger partial charge in [-0.1, -0.05) is 23.2 Å². The van der Waals surface area contributed by atoms with Crippen molar-refractivity contribution in [2.24, 2.45) is 5.73 Å². The molecule has 3 aromatic rings. The minimum Gasteiger partial charge on any atom is -0.467 e. The fourth-order valence-electron chi connectivity index (χ4n) is 2.16. The van der Waals surface area contributed by atoms with Crippen LogP contribution in [-0.4, -0.2) is 11.0 Å². The van der Waals surface area contributed by atoms with Crippen LogP contribution < -0.4 is 11.1 Å². The van der Waals surface area contributed by atoms with Crippen LogP contribution in [0.3, 0.4) is 0 Å². The van der Waals surface area contributed by atoms with E-state index in [0.717, 1.165) is 0 Å². The van der Waals surface area contributed by atoms with E-state index >= 15 is 0 Å². The van der Waals surface area contributed by atoms with Gasteiger partial charge in [0, 0.05) is 6.07 Å². The highest BCUT2D eigenvalue weighted by molar-refractivity contribution is 6.36. The zero-order chi connectivity index (χ0) is 17.5. The Kier molecular flexibility index (Phi) is 4.42. The number of fused-ring (bicyclic) bond motifs is 1. The second kappa shape index (κ2) is 6.23. The number of alkyl halides is 2. The first-order chi connectivity index (χ1) is 11.3. The lowest BCUT2D eigenvalue weighted by Crippen LogP contribution is -2.35. The molecule has 0 aliphatic rings. The van der Waals surface area contributed by atoms with E-state index in [1.54, 1.807) is 12.1 Å². The Morgan fingerprint density at radius 1 is 1.42 bits per heavy atom. The molecule has 0 saturated heterocycles. The van der Waals surface area contributed by atoms with Gasteiger partial charge in [-0.15, -0.1) is 0 Å². The summed E-state index contributed by atoms with van der Waals surface area (Å²) in [6.07, 6.45) is 1.52. The van der Waals surface area contributed by atoms with Gasteiger partial charge < -0.3 is 19.9 Å². The van der Waals surface area contributed by atoms with E-state index in [0.29, 0.717) is 18.0 Å². The van der Waals surface area contributed by atoms with E-state index in [4.69, 9.17) is 37.8 Å². The van der Waals surface area contributed by atoms with Gasteiger partial charge in [0.1, 0.15) is 21.5 Å². The van der Waals surface area contributed by atoms with E-state index in [2.05, 4.69) is 10.3 Å². The summed E-state index contributed by atoms with van der Waals surface area (Å²) in [7, 11) is 0. The molecule has 1 atom stereocenters. The molecule has 0 aliphatic carbocycles. The number of nitrogens with one attached hydrogen (secondary N) is 1. The van der Waals surface area contributed by atoms with Crippen LogP contribution in [0.4, 0.5) is 14.5 Å². The average Bonchev–Trinajstić information content (AvgIpc) is 3.14. The second-order valence-corrected chi connectivity index (χ2v) is 6.03. The number of hydrogen-bond acceptors (Lipinski definition) is 5. The Labute approximate surface area is 145 Å². The summed E-state index contributed by atoms with van der Waals surface area (Å²) in [5, 5.41) is 2.78. The summed E-state index contributed by atoms with van der Waals surface area (Å²) in [5.74, 6) is -3.53. The van der Waals surface area contributed by atoms with Crippen molar-refractivity contribution in [2.75, 3.05) is 5.32 Å². The van der Waals surface area contributed by atoms with Crippen LogP contribution in [0.1, 0.15) is 18.4 Å². The van der Waals surface area contributed by atoms with Crippen molar-refractivity contribution in [3.05, 3.63) is 46.2 Å². The molecule has 0 aromatic carbocycles. The zero-order valence-electron chi connectivity index (χ0n) is 12.4. The predicted octanol–water partition coefficient (Wildman–Crippen LogP) is 4.78. The molecule has 0 spiro atoms. The molecule has 0 bridgehead atoms. The molecule has 3 rings (SSSR count). The monoisotopic (exact) mass is 375 g/mol. The number of nitrogens with two attached hydrogens (primary N) is 1. The van der Waals surface area contributed by atoms with Gasteiger partial charge in [-0.3, -0.25) is 0 Å². The first-order valence-corrected chi connectivity index (χ1v) is 7.75. The summed E-state index contributed by atoms with van der Waals surface area (Å²) in [6, 6.07) is 3.47. The maximum atomic E-state index is 14.2. The highest BCUT2D eigenvalue weighted by atomic mass is 35.5. The average molecular weight is 376 g/mol. The van der Waals surface area contributed by atoms with Crippen LogP contribution in [0.15, 0.2) is 33.3 Å². The Hall–Kier alpha value is -1.83. The van der Waals surface area contributed by atoms with Gasteiger partial charge in [-0.2, -0.15) is 8.78 Å². The number of aromatic nitrogens is 1. The topological polar surface area (TPSA) is 77.2 Å². The van der Waals surface area contributed by atoms with Crippen LogP contribution in [-0.2, 0) is 12.5 Å². The van der Waals surface area contributed by atoms with Crippen molar-refractivity contribution < 1.29 is 17.6 Å². The van der Waals surface area contributed by atoms with Crippen LogP contribution in [0.5, 0.6) is 0 Å². The van der Waals surface area contributed by atoms with E-state index in [1.807, 2.05) is 0 Å². The maximum Gasteiger partial charge on any atom is 0.320 e. The molecule has 3 aromatic heterocycles. The lowest BCUT2D eigenvalue weighted by Gasteiger charge is -2.17. The van der Waals surface area contributed by atoms with Gasteiger partial charge >= 0.3 is 5.92 Å². The largest absolute Gasteiger partial charge is 0.467 e. The van der Waals surface area contributed by atoms with Gasteiger partial charge in [0.15, 0.2) is 11.3 Å². The van der Waals surface area contributed by atoms with Crippen LogP contribution in [0, 0.1) is 0 Å². The number of halogens is 4. The molecule has 0 fully saturated rings. The van der Waals surface area contributed by atoms with Gasteiger partial charge in [0.05, 0.1) is 24.5 Å². The minimum absolute atomic E-state index is 0.0430. The van der Waals surface area contributed by atoms with Crippen LogP contribution in [0.2, 0.25) is 10.2 Å². The lowest BCUT2D eigenvalue weighted by atomic mass is 10.1. The smallest absolute Gasteiger partial charge is 0.320 e. The Morgan fingerprint density at radius 2 is 2.17 bits per heavy atom. The third kappa shape index (κ3) is 2.94. The molecule has 3 N–H and O–H groups in total. The Morgan fingerprint density at radius 3 is 2.79 bits per heavy atom. The Balaban J connectivity index is 2.07. The fraction of sp³-hybridized carbons (Fsp3) is 0.267. The third-order valence-corrected chi connectivity index (χ3v) is 4.01. The number of anilines is 1. The molecule has 0 radical (unpaired) electrons. The third-order valence-electron chi connectivity index (χ3n) is 3.46. The van der Waals surface area contributed by atoms with E-state index in [9.17, 15) is 8.78 Å². The summed E-state index contributed by atoms with van der Waals surface area (Å²) in [4.78, 5) is 3.98. The van der Waals surface area contributed by atoms with Crippen molar-refractivity contribution in [3.8, 4) is 0 Å². The highest BCUT2D eigenvalue weighted by Gasteiger charge is 2.43. The molecule has 24 heavy (non-hydrogen) atoms. The standard InChI is InChI=1S/C15H13Cl2F2N3O2/c1-7(20)15(18,19)14-11(17)12-13(24-14)9(5-10(16)22-12)21-6-8-3-2-4-23-8/h2-5,7H,6,20H2,1H3,(H,21,22)/t7-/m0/s1. The fourth-order valence-corrected chi connectivity index (χ4v) is 2.64. The number of rotatable bonds is 5. The number of hydrogen-bond donors (Lipinski definition) is 2. The molecule has 0 amide bonds. The highest BCUT2D eigenvalue weighted by Crippen LogP contribution is 2.43. The molecule has 0 aliphatic heterocycles. The number of nitrogens with zero attached hydrogens (tertiary/aromatic N) is 1. The zero-order valence-corrected chi connectivity index (χ0v) is 14.0. The molecular formula is C15H13Cl2F2N3O2. The van der Waals surface area contributed by atoms with Gasteiger partial charge in [-0.05, 0) is 19.1 Å². The minimum atomic E-state index is -3.44. The van der Waals surface area contributed by atoms with E-state index < -0.39 is 17.7 Å². The van der Waals surface area contributed by atoms with Crippen LogP contribution >= 0.6 is 23.2 Å². The van der Waals surface area contributed by atoms with Crippen molar-refractivity contribution in [3.63, 3.8) is 0 Å². The molecule has 5 nitrogen and oxygen atoms in total. The van der Waals surface area contributed by atoms with Gasteiger partial charge in [-0.25, -0.2) is 4.98 Å². The summed E-state index contributed by atoms with van der Waals surface area (Å²) >= 11 is 12.0. The SMILES string of the molecule is C[C@H](N)C(F)(F)c1oc2c(NCc3ccco3)cc(Cl)nc2c1Cl. The lowest BCUT2D eigenvalue weighted by molar-refractivity contribution is -0.0442. The summed E-state index contributed by atoms with van der Waals surface area (Å²) in [5.41, 5.74) is 5.83. The number of pyridine rings is 1. The molecule has 0 saturated carbocycles. The van der Waals surface area contributed by atoms with Crippen molar-refractivity contribution in [1.29, 1.82) is 0 Å². The molecule has 128 valence electrons. The van der Waals surface area contributed by atoms with Crippen LogP contribution in [0.25, 0.3) is 11.1 Å². The van der Waals surface area contributed by atoms with Gasteiger partial charge in [0.2, 0.25) is 0 Å².